The number of carbonyl (C=O) groups is 1. The van der Waals surface area contributed by atoms with E-state index in [0.717, 1.165) is 16.8 Å². The van der Waals surface area contributed by atoms with E-state index in [4.69, 9.17) is 0 Å². The van der Waals surface area contributed by atoms with Crippen LogP contribution in [0.4, 0.5) is 5.69 Å². The molecule has 0 fully saturated rings. The van der Waals surface area contributed by atoms with Gasteiger partial charge >= 0.3 is 0 Å². The molecule has 110 valence electrons. The normalized spacial score (nSPS) is 10.5. The highest BCUT2D eigenvalue weighted by Gasteiger charge is 2.13. The smallest absolute Gasteiger partial charge is 0.257 e. The average Bonchev–Trinajstić information content (AvgIpc) is 3.00. The Bertz CT molecular complexity index is 791. The second-order valence-corrected chi connectivity index (χ2v) is 5.10. The minimum Gasteiger partial charge on any atom is -0.322 e. The van der Waals surface area contributed by atoms with Crippen molar-refractivity contribution in [2.45, 2.75) is 13.8 Å². The van der Waals surface area contributed by atoms with Crippen molar-refractivity contribution in [3.63, 3.8) is 0 Å². The van der Waals surface area contributed by atoms with Gasteiger partial charge in [0.1, 0.15) is 6.33 Å². The Hall–Kier alpha value is -3.02. The molecule has 0 aliphatic heterocycles. The van der Waals surface area contributed by atoms with Gasteiger partial charge in [0, 0.05) is 5.69 Å². The summed E-state index contributed by atoms with van der Waals surface area (Å²) in [5.74, 6) is -0.198. The van der Waals surface area contributed by atoms with E-state index in [0.29, 0.717) is 11.3 Å². The lowest BCUT2D eigenvalue weighted by molar-refractivity contribution is 0.102. The summed E-state index contributed by atoms with van der Waals surface area (Å²) < 4.78 is 1.47. The molecule has 22 heavy (non-hydrogen) atoms. The maximum absolute atomic E-state index is 12.6. The van der Waals surface area contributed by atoms with Crippen molar-refractivity contribution in [2.75, 3.05) is 5.32 Å². The number of para-hydroxylation sites is 1. The maximum Gasteiger partial charge on any atom is 0.257 e. The van der Waals surface area contributed by atoms with Gasteiger partial charge in [0.25, 0.3) is 5.91 Å². The van der Waals surface area contributed by atoms with E-state index in [9.17, 15) is 4.79 Å². The zero-order valence-electron chi connectivity index (χ0n) is 12.3. The first-order chi connectivity index (χ1) is 10.6. The summed E-state index contributed by atoms with van der Waals surface area (Å²) >= 11 is 0. The first-order valence-electron chi connectivity index (χ1n) is 6.85. The molecule has 3 rings (SSSR count). The Balaban J connectivity index is 1.93. The topological polar surface area (TPSA) is 72.7 Å². The fourth-order valence-electron chi connectivity index (χ4n) is 2.38. The van der Waals surface area contributed by atoms with Crippen LogP contribution >= 0.6 is 0 Å². The van der Waals surface area contributed by atoms with Crippen LogP contribution in [0.15, 0.2) is 48.8 Å². The molecular formula is C16H15N5O. The van der Waals surface area contributed by atoms with Crippen LogP contribution in [0.2, 0.25) is 0 Å². The van der Waals surface area contributed by atoms with E-state index in [2.05, 4.69) is 26.9 Å². The largest absolute Gasteiger partial charge is 0.322 e. The predicted octanol–water partition coefficient (Wildman–Crippen LogP) is 2.53. The molecule has 2 aromatic carbocycles. The Kier molecular flexibility index (Phi) is 3.65. The van der Waals surface area contributed by atoms with Gasteiger partial charge in [-0.25, -0.2) is 0 Å². The molecule has 0 spiro atoms. The second-order valence-electron chi connectivity index (χ2n) is 5.10. The minimum absolute atomic E-state index is 0.198. The lowest BCUT2D eigenvalue weighted by atomic mass is 10.1. The molecule has 1 aromatic heterocycles. The van der Waals surface area contributed by atoms with Crippen LogP contribution in [0.5, 0.6) is 0 Å². The lowest BCUT2D eigenvalue weighted by Crippen LogP contribution is -2.15. The number of anilines is 1. The van der Waals surface area contributed by atoms with Crippen molar-refractivity contribution in [3.05, 3.63) is 65.5 Å². The Morgan fingerprint density at radius 3 is 2.50 bits per heavy atom. The third kappa shape index (κ3) is 2.85. The van der Waals surface area contributed by atoms with Gasteiger partial charge in [-0.2, -0.15) is 4.68 Å². The zero-order chi connectivity index (χ0) is 15.5. The number of rotatable bonds is 3. The molecule has 6 nitrogen and oxygen atoms in total. The highest BCUT2D eigenvalue weighted by atomic mass is 16.1. The van der Waals surface area contributed by atoms with Crippen LogP contribution in [0, 0.1) is 13.8 Å². The van der Waals surface area contributed by atoms with Crippen molar-refractivity contribution >= 4 is 11.6 Å². The van der Waals surface area contributed by atoms with Gasteiger partial charge in [-0.1, -0.05) is 18.2 Å². The van der Waals surface area contributed by atoms with Gasteiger partial charge in [0.15, 0.2) is 0 Å². The van der Waals surface area contributed by atoms with Crippen LogP contribution in [-0.2, 0) is 0 Å². The fourth-order valence-corrected chi connectivity index (χ4v) is 2.38. The molecule has 0 bridgehead atoms. The van der Waals surface area contributed by atoms with Gasteiger partial charge in [0.2, 0.25) is 0 Å². The van der Waals surface area contributed by atoms with E-state index in [1.165, 1.54) is 11.0 Å². The van der Waals surface area contributed by atoms with Gasteiger partial charge in [-0.15, -0.1) is 5.10 Å². The molecule has 1 N–H and O–H groups in total. The summed E-state index contributed by atoms with van der Waals surface area (Å²) in [7, 11) is 0. The summed E-state index contributed by atoms with van der Waals surface area (Å²) in [6.07, 6.45) is 1.46. The molecule has 0 aliphatic rings. The summed E-state index contributed by atoms with van der Waals surface area (Å²) in [5.41, 5.74) is 4.12. The van der Waals surface area contributed by atoms with Gasteiger partial charge in [-0.05, 0) is 59.7 Å². The van der Waals surface area contributed by atoms with Crippen molar-refractivity contribution < 1.29 is 4.79 Å². The van der Waals surface area contributed by atoms with Crippen molar-refractivity contribution in [2.24, 2.45) is 0 Å². The number of hydrogen-bond acceptors (Lipinski definition) is 4. The molecular weight excluding hydrogens is 278 g/mol. The zero-order valence-corrected chi connectivity index (χ0v) is 12.3. The molecule has 0 atom stereocenters. The average molecular weight is 293 g/mol. The first-order valence-corrected chi connectivity index (χ1v) is 6.85. The molecule has 1 amide bonds. The first kappa shape index (κ1) is 13.9. The van der Waals surface area contributed by atoms with Crippen molar-refractivity contribution in [1.29, 1.82) is 0 Å². The highest BCUT2D eigenvalue weighted by molar-refractivity contribution is 6.06. The van der Waals surface area contributed by atoms with Gasteiger partial charge in [0.05, 0.1) is 11.3 Å². The Labute approximate surface area is 127 Å². The number of amides is 1. The molecule has 0 saturated carbocycles. The molecule has 0 aliphatic carbocycles. The Morgan fingerprint density at radius 1 is 1.09 bits per heavy atom. The third-order valence-electron chi connectivity index (χ3n) is 3.22. The molecule has 3 aromatic rings. The number of benzene rings is 2. The van der Waals surface area contributed by atoms with Crippen molar-refractivity contribution in [3.8, 4) is 5.69 Å². The Morgan fingerprint density at radius 2 is 1.82 bits per heavy atom. The molecule has 0 unspecified atom stereocenters. The summed E-state index contributed by atoms with van der Waals surface area (Å²) in [6, 6.07) is 13.1. The predicted molar refractivity (Wildman–Crippen MR) is 83.0 cm³/mol. The fraction of sp³-hybridized carbons (Fsp3) is 0.125. The number of nitrogens with one attached hydrogen (secondary N) is 1. The number of aryl methyl sites for hydroxylation is 2. The van der Waals surface area contributed by atoms with E-state index >= 15 is 0 Å². The van der Waals surface area contributed by atoms with Gasteiger partial charge in [-0.3, -0.25) is 4.79 Å². The molecule has 0 radical (unpaired) electrons. The highest BCUT2D eigenvalue weighted by Crippen LogP contribution is 2.18. The van der Waals surface area contributed by atoms with Crippen LogP contribution < -0.4 is 5.32 Å². The molecule has 1 heterocycles. The number of aromatic nitrogens is 4. The van der Waals surface area contributed by atoms with E-state index < -0.39 is 0 Å². The molecule has 6 heteroatoms. The number of hydrogen-bond donors (Lipinski definition) is 1. The van der Waals surface area contributed by atoms with Crippen LogP contribution in [0.1, 0.15) is 21.5 Å². The second kappa shape index (κ2) is 5.77. The number of tetrazole rings is 1. The van der Waals surface area contributed by atoms with Crippen LogP contribution in [-0.4, -0.2) is 26.1 Å². The van der Waals surface area contributed by atoms with E-state index in [1.807, 2.05) is 38.1 Å². The monoisotopic (exact) mass is 293 g/mol. The van der Waals surface area contributed by atoms with Crippen molar-refractivity contribution in [1.82, 2.24) is 20.2 Å². The maximum atomic E-state index is 12.6. The lowest BCUT2D eigenvalue weighted by Gasteiger charge is -2.10. The summed E-state index contributed by atoms with van der Waals surface area (Å²) in [5, 5.41) is 14.0. The summed E-state index contributed by atoms with van der Waals surface area (Å²) in [6.45, 7) is 4.00. The quantitative estimate of drug-likeness (QED) is 0.805. The van der Waals surface area contributed by atoms with Crippen LogP contribution in [0.25, 0.3) is 5.69 Å². The minimum atomic E-state index is -0.198. The number of carbonyl (C=O) groups excluding carboxylic acids is 1. The van der Waals surface area contributed by atoms with E-state index in [-0.39, 0.29) is 5.91 Å². The number of nitrogens with zero attached hydrogens (tertiary/aromatic N) is 4. The van der Waals surface area contributed by atoms with Gasteiger partial charge < -0.3 is 5.32 Å². The van der Waals surface area contributed by atoms with Crippen LogP contribution in [0.3, 0.4) is 0 Å². The summed E-state index contributed by atoms with van der Waals surface area (Å²) in [4.78, 5) is 12.6. The third-order valence-corrected chi connectivity index (χ3v) is 3.22. The SMILES string of the molecule is Cc1cc(C)cc(NC(=O)c2ccccc2-n2cnnn2)c1. The van der Waals surface area contributed by atoms with E-state index in [1.54, 1.807) is 12.1 Å². The molecule has 0 saturated heterocycles. The standard InChI is InChI=1S/C16H15N5O/c1-11-7-12(2)9-13(8-11)18-16(22)14-5-3-4-6-15(14)21-10-17-19-20-21/h3-10H,1-2H3,(H,18,22).